The Labute approximate surface area is 133 Å². The third-order valence-corrected chi connectivity index (χ3v) is 4.23. The number of aromatic nitrogens is 3. The second kappa shape index (κ2) is 6.96. The van der Waals surface area contributed by atoms with Crippen molar-refractivity contribution in [3.05, 3.63) is 34.9 Å². The fraction of sp³-hybridized carbons (Fsp3) is 0.533. The molecule has 1 unspecified atom stereocenters. The maximum atomic E-state index is 12.3. The van der Waals surface area contributed by atoms with Crippen LogP contribution < -0.4 is 0 Å². The molecule has 2 aromatic rings. The zero-order chi connectivity index (χ0) is 15.4. The Kier molecular flexibility index (Phi) is 4.77. The first kappa shape index (κ1) is 15.1. The second-order valence-electron chi connectivity index (χ2n) is 5.75. The van der Waals surface area contributed by atoms with E-state index in [1.807, 2.05) is 11.0 Å². The first-order valence-electron chi connectivity index (χ1n) is 7.58. The van der Waals surface area contributed by atoms with Crippen LogP contribution in [0.4, 0.5) is 0 Å². The fourth-order valence-corrected chi connectivity index (χ4v) is 3.12. The van der Waals surface area contributed by atoms with Crippen molar-refractivity contribution in [3.8, 4) is 0 Å². The average molecular weight is 323 g/mol. The summed E-state index contributed by atoms with van der Waals surface area (Å²) in [5, 5.41) is 10.9. The predicted octanol–water partition coefficient (Wildman–Crippen LogP) is 2.46. The Hall–Kier alpha value is -1.82. The van der Waals surface area contributed by atoms with Gasteiger partial charge in [0.2, 0.25) is 5.91 Å². The van der Waals surface area contributed by atoms with Gasteiger partial charge in [-0.1, -0.05) is 16.8 Å². The van der Waals surface area contributed by atoms with E-state index in [9.17, 15) is 4.79 Å². The van der Waals surface area contributed by atoms with Crippen molar-refractivity contribution in [2.75, 3.05) is 13.1 Å². The highest BCUT2D eigenvalue weighted by Gasteiger charge is 2.24. The van der Waals surface area contributed by atoms with Crippen molar-refractivity contribution in [3.63, 3.8) is 0 Å². The molecule has 22 heavy (non-hydrogen) atoms. The first-order valence-corrected chi connectivity index (χ1v) is 7.95. The van der Waals surface area contributed by atoms with Gasteiger partial charge in [-0.05, 0) is 31.2 Å². The zero-order valence-corrected chi connectivity index (χ0v) is 13.1. The summed E-state index contributed by atoms with van der Waals surface area (Å²) in [6.45, 7) is 1.66. The molecule has 1 atom stereocenters. The van der Waals surface area contributed by atoms with Gasteiger partial charge >= 0.3 is 0 Å². The fourth-order valence-electron chi connectivity index (χ4n) is 2.96. The van der Waals surface area contributed by atoms with Gasteiger partial charge in [0.25, 0.3) is 0 Å². The van der Waals surface area contributed by atoms with Gasteiger partial charge in [0, 0.05) is 43.9 Å². The highest BCUT2D eigenvalue weighted by Crippen LogP contribution is 2.21. The van der Waals surface area contributed by atoms with Gasteiger partial charge in [-0.25, -0.2) is 0 Å². The molecule has 3 rings (SSSR count). The number of carbonyl (C=O) groups is 1. The third-order valence-electron chi connectivity index (χ3n) is 4.05. The van der Waals surface area contributed by atoms with Crippen molar-refractivity contribution >= 4 is 17.5 Å². The van der Waals surface area contributed by atoms with E-state index in [-0.39, 0.29) is 5.91 Å². The molecule has 1 fully saturated rings. The van der Waals surface area contributed by atoms with Crippen molar-refractivity contribution in [2.45, 2.75) is 32.1 Å². The Morgan fingerprint density at radius 1 is 1.55 bits per heavy atom. The number of piperidine rings is 1. The van der Waals surface area contributed by atoms with E-state index in [2.05, 4.69) is 15.4 Å². The van der Waals surface area contributed by atoms with E-state index in [4.69, 9.17) is 16.1 Å². The maximum absolute atomic E-state index is 12.3. The van der Waals surface area contributed by atoms with Gasteiger partial charge in [0.05, 0.1) is 0 Å². The number of likely N-dealkylation sites (tertiary alicyclic amines) is 1. The number of aryl methyl sites for hydroxylation is 1. The number of nitrogens with zero attached hydrogens (tertiary/aromatic N) is 3. The number of hydrogen-bond acceptors (Lipinski definition) is 4. The van der Waals surface area contributed by atoms with Gasteiger partial charge in [-0.15, -0.1) is 0 Å². The molecule has 1 aliphatic rings. The largest absolute Gasteiger partial charge is 0.360 e. The maximum Gasteiger partial charge on any atom is 0.223 e. The van der Waals surface area contributed by atoms with E-state index < -0.39 is 0 Å². The minimum absolute atomic E-state index is 0.168. The normalized spacial score (nSPS) is 18.6. The summed E-state index contributed by atoms with van der Waals surface area (Å²) in [5.41, 5.74) is 1.13. The molecule has 0 radical (unpaired) electrons. The van der Waals surface area contributed by atoms with Crippen LogP contribution in [0.5, 0.6) is 0 Å². The summed E-state index contributed by atoms with van der Waals surface area (Å²) in [7, 11) is 0. The van der Waals surface area contributed by atoms with Crippen LogP contribution in [-0.4, -0.2) is 39.3 Å². The quantitative estimate of drug-likeness (QED) is 0.917. The van der Waals surface area contributed by atoms with Crippen molar-refractivity contribution in [1.82, 2.24) is 20.3 Å². The second-order valence-corrected chi connectivity index (χ2v) is 6.14. The lowest BCUT2D eigenvalue weighted by atomic mass is 9.93. The number of H-pyrrole nitrogens is 1. The Bertz CT molecular complexity index is 611. The van der Waals surface area contributed by atoms with Gasteiger partial charge in [0.15, 0.2) is 5.15 Å². The van der Waals surface area contributed by atoms with E-state index in [0.717, 1.165) is 38.0 Å². The molecule has 118 valence electrons. The molecule has 2 aromatic heterocycles. The Morgan fingerprint density at radius 2 is 2.45 bits per heavy atom. The van der Waals surface area contributed by atoms with Crippen LogP contribution in [-0.2, 0) is 17.6 Å². The van der Waals surface area contributed by atoms with Crippen LogP contribution in [0.15, 0.2) is 22.9 Å². The van der Waals surface area contributed by atoms with Crippen LogP contribution in [0.1, 0.15) is 30.7 Å². The minimum atomic E-state index is 0.168. The summed E-state index contributed by atoms with van der Waals surface area (Å²) in [6, 6.07) is 3.65. The van der Waals surface area contributed by atoms with Crippen LogP contribution in [0.2, 0.25) is 5.15 Å². The Balaban J connectivity index is 1.49. The predicted molar refractivity (Wildman–Crippen MR) is 81.4 cm³/mol. The standard InChI is InChI=1S/C15H19ClN4O2/c16-14-9-13(22-19-14)3-4-15(21)20-7-1-2-11(10-20)8-12-5-6-17-18-12/h5-6,9,11H,1-4,7-8,10H2,(H,17,18). The highest BCUT2D eigenvalue weighted by atomic mass is 35.5. The van der Waals surface area contributed by atoms with Crippen molar-refractivity contribution in [2.24, 2.45) is 5.92 Å². The van der Waals surface area contributed by atoms with E-state index >= 15 is 0 Å². The average Bonchev–Trinajstić information content (AvgIpc) is 3.17. The lowest BCUT2D eigenvalue weighted by Crippen LogP contribution is -2.40. The molecule has 0 aromatic carbocycles. The number of amides is 1. The van der Waals surface area contributed by atoms with E-state index in [1.54, 1.807) is 12.3 Å². The number of nitrogens with one attached hydrogen (secondary N) is 1. The van der Waals surface area contributed by atoms with Crippen LogP contribution >= 0.6 is 11.6 Å². The molecule has 6 nitrogen and oxygen atoms in total. The molecule has 0 spiro atoms. The number of halogens is 1. The third kappa shape index (κ3) is 3.88. The molecule has 1 aliphatic heterocycles. The number of carbonyl (C=O) groups excluding carboxylic acids is 1. The molecule has 0 saturated carbocycles. The van der Waals surface area contributed by atoms with Crippen molar-refractivity contribution in [1.29, 1.82) is 0 Å². The summed E-state index contributed by atoms with van der Waals surface area (Å²) in [4.78, 5) is 14.3. The van der Waals surface area contributed by atoms with Gasteiger partial charge in [-0.3, -0.25) is 9.89 Å². The van der Waals surface area contributed by atoms with Crippen LogP contribution in [0.3, 0.4) is 0 Å². The topological polar surface area (TPSA) is 75.0 Å². The summed E-state index contributed by atoms with van der Waals surface area (Å²) >= 11 is 5.70. The number of rotatable bonds is 5. The summed E-state index contributed by atoms with van der Waals surface area (Å²) < 4.78 is 5.03. The molecular formula is C15H19ClN4O2. The minimum Gasteiger partial charge on any atom is -0.360 e. The lowest BCUT2D eigenvalue weighted by molar-refractivity contribution is -0.133. The van der Waals surface area contributed by atoms with Crippen molar-refractivity contribution < 1.29 is 9.32 Å². The molecule has 3 heterocycles. The summed E-state index contributed by atoms with van der Waals surface area (Å²) in [5.74, 6) is 1.32. The number of aromatic amines is 1. The molecule has 1 N–H and O–H groups in total. The van der Waals surface area contributed by atoms with E-state index in [0.29, 0.717) is 29.7 Å². The molecule has 0 aliphatic carbocycles. The van der Waals surface area contributed by atoms with Gasteiger partial charge in [-0.2, -0.15) is 5.10 Å². The molecular weight excluding hydrogens is 304 g/mol. The molecule has 1 amide bonds. The smallest absolute Gasteiger partial charge is 0.223 e. The summed E-state index contributed by atoms with van der Waals surface area (Å²) in [6.07, 6.45) is 5.90. The molecule has 0 bridgehead atoms. The van der Waals surface area contributed by atoms with Crippen LogP contribution in [0, 0.1) is 5.92 Å². The lowest BCUT2D eigenvalue weighted by Gasteiger charge is -2.32. The van der Waals surface area contributed by atoms with Gasteiger partial charge in [0.1, 0.15) is 5.76 Å². The zero-order valence-electron chi connectivity index (χ0n) is 12.3. The van der Waals surface area contributed by atoms with E-state index in [1.165, 1.54) is 0 Å². The molecule has 1 saturated heterocycles. The first-order chi connectivity index (χ1) is 10.7. The SMILES string of the molecule is O=C(CCc1cc(Cl)no1)N1CCCC(Cc2ccn[nH]2)C1. The monoisotopic (exact) mass is 322 g/mol. The van der Waals surface area contributed by atoms with Gasteiger partial charge < -0.3 is 9.42 Å². The Morgan fingerprint density at radius 3 is 3.18 bits per heavy atom. The van der Waals surface area contributed by atoms with Crippen LogP contribution in [0.25, 0.3) is 0 Å². The number of hydrogen-bond donors (Lipinski definition) is 1. The highest BCUT2D eigenvalue weighted by molar-refractivity contribution is 6.29. The molecule has 7 heteroatoms.